The predicted molar refractivity (Wildman–Crippen MR) is 73.0 cm³/mol. The molecule has 0 spiro atoms. The first-order valence-electron chi connectivity index (χ1n) is 6.97. The second-order valence-electron chi connectivity index (χ2n) is 4.97. The monoisotopic (exact) mass is 332 g/mol. The van der Waals surface area contributed by atoms with Gasteiger partial charge in [0.1, 0.15) is 12.7 Å². The van der Waals surface area contributed by atoms with Crippen LogP contribution in [0.2, 0.25) is 0 Å². The van der Waals surface area contributed by atoms with Gasteiger partial charge < -0.3 is 23.7 Å². The lowest BCUT2D eigenvalue weighted by Gasteiger charge is -2.40. The summed E-state index contributed by atoms with van der Waals surface area (Å²) in [6, 6.07) is 0. The minimum absolute atomic E-state index is 0.0960. The zero-order valence-corrected chi connectivity index (χ0v) is 13.4. The molecule has 1 heterocycles. The van der Waals surface area contributed by atoms with Crippen molar-refractivity contribution >= 4 is 23.9 Å². The Morgan fingerprint density at radius 2 is 1.35 bits per heavy atom. The molecule has 1 fully saturated rings. The number of hydrogen-bond acceptors (Lipinski definition) is 9. The molecule has 0 bridgehead atoms. The highest BCUT2D eigenvalue weighted by Crippen LogP contribution is 2.24. The lowest BCUT2D eigenvalue weighted by atomic mass is 9.99. The first kappa shape index (κ1) is 18.9. The van der Waals surface area contributed by atoms with Crippen LogP contribution in [0.15, 0.2) is 0 Å². The van der Waals surface area contributed by atoms with E-state index in [-0.39, 0.29) is 13.2 Å². The van der Waals surface area contributed by atoms with E-state index in [1.165, 1.54) is 27.7 Å². The Bertz CT molecular complexity index is 473. The molecule has 4 atom stereocenters. The first-order chi connectivity index (χ1) is 10.7. The van der Waals surface area contributed by atoms with E-state index in [9.17, 15) is 19.2 Å². The van der Waals surface area contributed by atoms with Gasteiger partial charge in [-0.15, -0.1) is 0 Å². The molecule has 130 valence electrons. The summed E-state index contributed by atoms with van der Waals surface area (Å²) < 4.78 is 25.6. The van der Waals surface area contributed by atoms with E-state index in [1.54, 1.807) is 0 Å². The molecule has 0 aromatic carbocycles. The smallest absolute Gasteiger partial charge is 0.303 e. The maximum absolute atomic E-state index is 11.3. The highest BCUT2D eigenvalue weighted by molar-refractivity contribution is 5.68. The standard InChI is InChI=1S/C14H20O9/c1-7(15)19-5-11-13(22-9(3)17)14(23-10(4)18)12(6-20-11)21-8(2)16/h11-14H,5-6H2,1-4H3/t11?,12?,13-,14+/m1/s1. The van der Waals surface area contributed by atoms with E-state index in [0.717, 1.165) is 0 Å². The molecule has 23 heavy (non-hydrogen) atoms. The van der Waals surface area contributed by atoms with Crippen LogP contribution in [0, 0.1) is 0 Å². The van der Waals surface area contributed by atoms with Crippen molar-refractivity contribution in [1.29, 1.82) is 0 Å². The highest BCUT2D eigenvalue weighted by atomic mass is 16.7. The Kier molecular flexibility index (Phi) is 6.95. The summed E-state index contributed by atoms with van der Waals surface area (Å²) in [5.41, 5.74) is 0. The van der Waals surface area contributed by atoms with E-state index in [1.807, 2.05) is 0 Å². The number of ether oxygens (including phenoxy) is 5. The number of carbonyl (C=O) groups is 4. The van der Waals surface area contributed by atoms with Gasteiger partial charge in [0.05, 0.1) is 6.61 Å². The third-order valence-corrected chi connectivity index (χ3v) is 2.90. The summed E-state index contributed by atoms with van der Waals surface area (Å²) in [6.07, 6.45) is -3.92. The number of hydrogen-bond donors (Lipinski definition) is 0. The largest absolute Gasteiger partial charge is 0.463 e. The molecule has 1 saturated heterocycles. The molecule has 1 rings (SSSR count). The molecule has 9 heteroatoms. The van der Waals surface area contributed by atoms with E-state index < -0.39 is 48.3 Å². The molecule has 0 aromatic heterocycles. The van der Waals surface area contributed by atoms with E-state index in [4.69, 9.17) is 23.7 Å². The number of rotatable bonds is 5. The average Bonchev–Trinajstić information content (AvgIpc) is 2.39. The maximum atomic E-state index is 11.3. The van der Waals surface area contributed by atoms with Gasteiger partial charge in [-0.2, -0.15) is 0 Å². The molecule has 1 aliphatic rings. The zero-order valence-electron chi connectivity index (χ0n) is 13.4. The van der Waals surface area contributed by atoms with Crippen molar-refractivity contribution in [3.8, 4) is 0 Å². The zero-order chi connectivity index (χ0) is 17.6. The summed E-state index contributed by atoms with van der Waals surface area (Å²) >= 11 is 0. The van der Waals surface area contributed by atoms with Crippen molar-refractivity contribution < 1.29 is 42.9 Å². The lowest BCUT2D eigenvalue weighted by molar-refractivity contribution is -0.231. The van der Waals surface area contributed by atoms with Crippen molar-refractivity contribution in [3.63, 3.8) is 0 Å². The first-order valence-corrected chi connectivity index (χ1v) is 6.97. The average molecular weight is 332 g/mol. The van der Waals surface area contributed by atoms with Gasteiger partial charge in [-0.05, 0) is 0 Å². The predicted octanol–water partition coefficient (Wildman–Crippen LogP) is -0.257. The Hall–Kier alpha value is -2.16. The van der Waals surface area contributed by atoms with Crippen LogP contribution in [-0.4, -0.2) is 61.5 Å². The molecular formula is C14H20O9. The van der Waals surface area contributed by atoms with Gasteiger partial charge in [0, 0.05) is 27.7 Å². The van der Waals surface area contributed by atoms with Gasteiger partial charge >= 0.3 is 23.9 Å². The summed E-state index contributed by atoms with van der Waals surface area (Å²) in [4.78, 5) is 44.8. The fourth-order valence-corrected chi connectivity index (χ4v) is 2.16. The fourth-order valence-electron chi connectivity index (χ4n) is 2.16. The Balaban J connectivity index is 2.98. The third kappa shape index (κ3) is 6.23. The van der Waals surface area contributed by atoms with Crippen molar-refractivity contribution in [2.75, 3.05) is 13.2 Å². The van der Waals surface area contributed by atoms with Gasteiger partial charge in [0.25, 0.3) is 0 Å². The second-order valence-corrected chi connectivity index (χ2v) is 4.97. The van der Waals surface area contributed by atoms with Crippen LogP contribution >= 0.6 is 0 Å². The van der Waals surface area contributed by atoms with Crippen molar-refractivity contribution in [2.24, 2.45) is 0 Å². The normalized spacial score (nSPS) is 26.8. The molecular weight excluding hydrogens is 312 g/mol. The SMILES string of the molecule is CC(=O)OCC1OCC(OC(C)=O)[C@H](OC(C)=O)[C@@H]1OC(C)=O. The number of esters is 4. The summed E-state index contributed by atoms with van der Waals surface area (Å²) in [7, 11) is 0. The second kappa shape index (κ2) is 8.47. The quantitative estimate of drug-likeness (QED) is 0.496. The Morgan fingerprint density at radius 1 is 0.826 bits per heavy atom. The van der Waals surface area contributed by atoms with Crippen molar-refractivity contribution in [3.05, 3.63) is 0 Å². The molecule has 2 unspecified atom stereocenters. The molecule has 0 saturated carbocycles. The topological polar surface area (TPSA) is 114 Å². The Labute approximate surface area is 133 Å². The minimum atomic E-state index is -1.08. The van der Waals surface area contributed by atoms with Crippen LogP contribution in [-0.2, 0) is 42.9 Å². The molecule has 0 amide bonds. The van der Waals surface area contributed by atoms with Crippen LogP contribution in [0.25, 0.3) is 0 Å². The van der Waals surface area contributed by atoms with Crippen molar-refractivity contribution in [2.45, 2.75) is 52.1 Å². The maximum Gasteiger partial charge on any atom is 0.303 e. The van der Waals surface area contributed by atoms with Crippen LogP contribution in [0.1, 0.15) is 27.7 Å². The van der Waals surface area contributed by atoms with E-state index in [2.05, 4.69) is 0 Å². The van der Waals surface area contributed by atoms with Gasteiger partial charge in [0.15, 0.2) is 18.3 Å². The van der Waals surface area contributed by atoms with Gasteiger partial charge in [0.2, 0.25) is 0 Å². The van der Waals surface area contributed by atoms with E-state index in [0.29, 0.717) is 0 Å². The molecule has 0 N–H and O–H groups in total. The molecule has 9 nitrogen and oxygen atoms in total. The minimum Gasteiger partial charge on any atom is -0.463 e. The summed E-state index contributed by atoms with van der Waals surface area (Å²) in [5.74, 6) is -2.43. The van der Waals surface area contributed by atoms with E-state index >= 15 is 0 Å². The molecule has 0 aliphatic carbocycles. The highest BCUT2D eigenvalue weighted by Gasteiger charge is 2.47. The molecule has 1 aliphatic heterocycles. The van der Waals surface area contributed by atoms with Gasteiger partial charge in [-0.1, -0.05) is 0 Å². The Morgan fingerprint density at radius 3 is 1.83 bits per heavy atom. The lowest BCUT2D eigenvalue weighted by Crippen LogP contribution is -2.58. The van der Waals surface area contributed by atoms with Crippen LogP contribution in [0.4, 0.5) is 0 Å². The summed E-state index contributed by atoms with van der Waals surface area (Å²) in [5, 5.41) is 0. The van der Waals surface area contributed by atoms with Gasteiger partial charge in [-0.25, -0.2) is 0 Å². The van der Waals surface area contributed by atoms with Gasteiger partial charge in [-0.3, -0.25) is 19.2 Å². The van der Waals surface area contributed by atoms with Crippen LogP contribution in [0.3, 0.4) is 0 Å². The number of carbonyl (C=O) groups excluding carboxylic acids is 4. The van der Waals surface area contributed by atoms with Crippen molar-refractivity contribution in [1.82, 2.24) is 0 Å². The summed E-state index contributed by atoms with van der Waals surface area (Å²) in [6.45, 7) is 4.46. The third-order valence-electron chi connectivity index (χ3n) is 2.90. The fraction of sp³-hybridized carbons (Fsp3) is 0.714. The van der Waals surface area contributed by atoms with Crippen LogP contribution in [0.5, 0.6) is 0 Å². The molecule has 0 aromatic rings. The van der Waals surface area contributed by atoms with Crippen LogP contribution < -0.4 is 0 Å². The molecule has 0 radical (unpaired) electrons.